The van der Waals surface area contributed by atoms with E-state index in [1.165, 1.54) is 9.44 Å². The molecule has 6 nitrogen and oxygen atoms in total. The molecule has 0 aliphatic carbocycles. The number of aromatic amines is 1. The van der Waals surface area contributed by atoms with E-state index in [2.05, 4.69) is 27.4 Å². The molecule has 0 bridgehead atoms. The summed E-state index contributed by atoms with van der Waals surface area (Å²) in [4.78, 5) is 34.7. The summed E-state index contributed by atoms with van der Waals surface area (Å²) in [7, 11) is 0. The predicted octanol–water partition coefficient (Wildman–Crippen LogP) is 4.20. The average Bonchev–Trinajstić information content (AvgIpc) is 3.48. The van der Waals surface area contributed by atoms with E-state index in [1.807, 2.05) is 41.9 Å². The number of hydrogen-bond donors (Lipinski definition) is 2. The number of thiophene rings is 1. The molecule has 0 saturated carbocycles. The highest BCUT2D eigenvalue weighted by Gasteiger charge is 2.20. The molecule has 0 aliphatic heterocycles. The highest BCUT2D eigenvalue weighted by Crippen LogP contribution is 2.32. The molecule has 0 fully saturated rings. The number of carbonyl (C=O) groups is 1. The first-order valence-corrected chi connectivity index (χ1v) is 11.3. The lowest BCUT2D eigenvalue weighted by molar-refractivity contribution is -0.121. The van der Waals surface area contributed by atoms with E-state index < -0.39 is 0 Å². The molecule has 5 rings (SSSR count). The summed E-state index contributed by atoms with van der Waals surface area (Å²) >= 11 is 1.67. The van der Waals surface area contributed by atoms with Gasteiger partial charge in [-0.15, -0.1) is 11.3 Å². The molecule has 3 aromatic heterocycles. The second-order valence-corrected chi connectivity index (χ2v) is 8.71. The van der Waals surface area contributed by atoms with Gasteiger partial charge in [0.05, 0.1) is 10.9 Å². The van der Waals surface area contributed by atoms with Gasteiger partial charge in [-0.2, -0.15) is 0 Å². The Bertz CT molecular complexity index is 1470. The van der Waals surface area contributed by atoms with E-state index in [0.717, 1.165) is 16.5 Å². The molecule has 1 unspecified atom stereocenters. The number of rotatable bonds is 6. The van der Waals surface area contributed by atoms with Crippen LogP contribution in [-0.4, -0.2) is 27.0 Å². The summed E-state index contributed by atoms with van der Waals surface area (Å²) in [6, 6.07) is 19.5. The van der Waals surface area contributed by atoms with Crippen molar-refractivity contribution in [2.24, 2.45) is 0 Å². The number of hydrogen-bond acceptors (Lipinski definition) is 4. The van der Waals surface area contributed by atoms with Crippen LogP contribution in [0.2, 0.25) is 0 Å². The first-order chi connectivity index (χ1) is 15.6. The topological polar surface area (TPSA) is 79.8 Å². The van der Waals surface area contributed by atoms with Gasteiger partial charge in [0.2, 0.25) is 5.91 Å². The maximum absolute atomic E-state index is 12.9. The van der Waals surface area contributed by atoms with E-state index in [1.54, 1.807) is 36.5 Å². The fourth-order valence-corrected chi connectivity index (χ4v) is 4.96. The Hall–Kier alpha value is -3.71. The van der Waals surface area contributed by atoms with Gasteiger partial charge in [-0.3, -0.25) is 14.2 Å². The molecule has 160 valence electrons. The molecule has 2 aromatic carbocycles. The second kappa shape index (κ2) is 8.43. The lowest BCUT2D eigenvalue weighted by atomic mass is 9.96. The molecule has 2 N–H and O–H groups in total. The van der Waals surface area contributed by atoms with Crippen LogP contribution in [0.4, 0.5) is 0 Å². The molecule has 0 spiro atoms. The monoisotopic (exact) mass is 442 g/mol. The van der Waals surface area contributed by atoms with Gasteiger partial charge < -0.3 is 10.3 Å². The van der Waals surface area contributed by atoms with Crippen molar-refractivity contribution in [2.45, 2.75) is 19.4 Å². The highest BCUT2D eigenvalue weighted by atomic mass is 32.1. The summed E-state index contributed by atoms with van der Waals surface area (Å²) in [5.41, 5.74) is 2.65. The van der Waals surface area contributed by atoms with Gasteiger partial charge in [-0.25, -0.2) is 4.98 Å². The number of benzene rings is 2. The number of nitrogens with zero attached hydrogens (tertiary/aromatic N) is 2. The number of para-hydroxylation sites is 2. The molecule has 3 heterocycles. The molecule has 32 heavy (non-hydrogen) atoms. The quantitative estimate of drug-likeness (QED) is 0.414. The zero-order valence-corrected chi connectivity index (χ0v) is 18.4. The molecule has 7 heteroatoms. The molecule has 1 amide bonds. The van der Waals surface area contributed by atoms with Crippen LogP contribution in [0.25, 0.3) is 21.8 Å². The molecule has 0 saturated heterocycles. The standard InChI is InChI=1S/C25H22N4O2S/c1-16-28-22-10-5-3-8-18(22)25(31)29(16)15-24(30)27-14-20(23-11-6-12-32-23)19-13-26-21-9-4-2-7-17(19)21/h2-13,20,26H,14-15H2,1H3,(H,27,30). The van der Waals surface area contributed by atoms with E-state index >= 15 is 0 Å². The van der Waals surface area contributed by atoms with Gasteiger partial charge in [0.15, 0.2) is 0 Å². The molecular formula is C25H22N4O2S. The molecule has 0 aliphatic rings. The first kappa shape index (κ1) is 20.2. The zero-order valence-electron chi connectivity index (χ0n) is 17.5. The van der Waals surface area contributed by atoms with Gasteiger partial charge in [-0.1, -0.05) is 36.4 Å². The number of amides is 1. The Morgan fingerprint density at radius 1 is 1.09 bits per heavy atom. The van der Waals surface area contributed by atoms with Gasteiger partial charge in [0.1, 0.15) is 12.4 Å². The van der Waals surface area contributed by atoms with E-state index in [0.29, 0.717) is 23.3 Å². The minimum atomic E-state index is -0.214. The second-order valence-electron chi connectivity index (χ2n) is 7.73. The fourth-order valence-electron chi connectivity index (χ4n) is 4.12. The van der Waals surface area contributed by atoms with Gasteiger partial charge in [-0.05, 0) is 42.1 Å². The minimum Gasteiger partial charge on any atom is -0.361 e. The number of aromatic nitrogens is 3. The summed E-state index contributed by atoms with van der Waals surface area (Å²) in [6.45, 7) is 2.13. The Labute approximate surface area is 188 Å². The maximum atomic E-state index is 12.9. The van der Waals surface area contributed by atoms with Crippen LogP contribution in [-0.2, 0) is 11.3 Å². The van der Waals surface area contributed by atoms with Crippen LogP contribution >= 0.6 is 11.3 Å². The van der Waals surface area contributed by atoms with Crippen LogP contribution in [0.5, 0.6) is 0 Å². The lowest BCUT2D eigenvalue weighted by Crippen LogP contribution is -2.36. The molecular weight excluding hydrogens is 420 g/mol. The number of fused-ring (bicyclic) bond motifs is 2. The van der Waals surface area contributed by atoms with Crippen LogP contribution in [0.3, 0.4) is 0 Å². The number of carbonyl (C=O) groups excluding carboxylic acids is 1. The normalized spacial score (nSPS) is 12.3. The van der Waals surface area contributed by atoms with Gasteiger partial charge >= 0.3 is 0 Å². The van der Waals surface area contributed by atoms with E-state index in [-0.39, 0.29) is 23.9 Å². The SMILES string of the molecule is Cc1nc2ccccc2c(=O)n1CC(=O)NCC(c1cccs1)c1c[nH]c2ccccc12. The first-order valence-electron chi connectivity index (χ1n) is 10.4. The molecule has 0 radical (unpaired) electrons. The fraction of sp³-hybridized carbons (Fsp3) is 0.160. The largest absolute Gasteiger partial charge is 0.361 e. The third-order valence-corrected chi connectivity index (χ3v) is 6.73. The van der Waals surface area contributed by atoms with Crippen LogP contribution in [0.1, 0.15) is 22.2 Å². The smallest absolute Gasteiger partial charge is 0.261 e. The van der Waals surface area contributed by atoms with Crippen molar-refractivity contribution in [1.29, 1.82) is 0 Å². The van der Waals surface area contributed by atoms with E-state index in [9.17, 15) is 9.59 Å². The highest BCUT2D eigenvalue weighted by molar-refractivity contribution is 7.10. The lowest BCUT2D eigenvalue weighted by Gasteiger charge is -2.17. The summed E-state index contributed by atoms with van der Waals surface area (Å²) in [6.07, 6.45) is 2.02. The van der Waals surface area contributed by atoms with Crippen molar-refractivity contribution in [1.82, 2.24) is 19.9 Å². The Morgan fingerprint density at radius 3 is 2.69 bits per heavy atom. The van der Waals surface area contributed by atoms with Crippen LogP contribution in [0, 0.1) is 6.92 Å². The van der Waals surface area contributed by atoms with Crippen LogP contribution < -0.4 is 10.9 Å². The van der Waals surface area contributed by atoms with Gasteiger partial charge in [0, 0.05) is 34.4 Å². The molecule has 1 atom stereocenters. The zero-order chi connectivity index (χ0) is 22.1. The van der Waals surface area contributed by atoms with E-state index in [4.69, 9.17) is 0 Å². The van der Waals surface area contributed by atoms with Gasteiger partial charge in [0.25, 0.3) is 5.56 Å². The van der Waals surface area contributed by atoms with Crippen molar-refractivity contribution < 1.29 is 4.79 Å². The van der Waals surface area contributed by atoms with Crippen molar-refractivity contribution in [2.75, 3.05) is 6.54 Å². The number of nitrogens with one attached hydrogen (secondary N) is 2. The Morgan fingerprint density at radius 2 is 1.88 bits per heavy atom. The third kappa shape index (κ3) is 3.71. The summed E-state index contributed by atoms with van der Waals surface area (Å²) in [5, 5.41) is 6.75. The van der Waals surface area contributed by atoms with Crippen molar-refractivity contribution in [3.63, 3.8) is 0 Å². The summed E-state index contributed by atoms with van der Waals surface area (Å²) < 4.78 is 1.43. The Balaban J connectivity index is 1.39. The van der Waals surface area contributed by atoms with Crippen LogP contribution in [0.15, 0.2) is 77.0 Å². The summed E-state index contributed by atoms with van der Waals surface area (Å²) in [5.74, 6) is 0.326. The van der Waals surface area contributed by atoms with Crippen molar-refractivity contribution in [3.8, 4) is 0 Å². The minimum absolute atomic E-state index is 0.0163. The predicted molar refractivity (Wildman–Crippen MR) is 128 cm³/mol. The maximum Gasteiger partial charge on any atom is 0.261 e. The number of aryl methyl sites for hydroxylation is 1. The Kier molecular flexibility index (Phi) is 5.33. The third-order valence-electron chi connectivity index (χ3n) is 5.74. The number of H-pyrrole nitrogens is 1. The average molecular weight is 443 g/mol. The van der Waals surface area contributed by atoms with Crippen molar-refractivity contribution in [3.05, 3.63) is 98.9 Å². The molecule has 5 aromatic rings. The van der Waals surface area contributed by atoms with Crippen molar-refractivity contribution >= 4 is 39.0 Å².